The number of aryl methyl sites for hydroxylation is 1. The summed E-state index contributed by atoms with van der Waals surface area (Å²) in [4.78, 5) is 14.2. The zero-order valence-corrected chi connectivity index (χ0v) is 8.65. The summed E-state index contributed by atoms with van der Waals surface area (Å²) in [6.07, 6.45) is 1.26. The fourth-order valence-corrected chi connectivity index (χ4v) is 1.64. The molecule has 0 N–H and O–H groups in total. The van der Waals surface area contributed by atoms with Gasteiger partial charge in [-0.05, 0) is 19.1 Å². The van der Waals surface area contributed by atoms with Gasteiger partial charge in [0, 0.05) is 16.0 Å². The molecule has 0 aliphatic rings. The second kappa shape index (κ2) is 3.47. The van der Waals surface area contributed by atoms with Crippen LogP contribution >= 0.6 is 11.6 Å². The van der Waals surface area contributed by atoms with E-state index >= 15 is 0 Å². The normalized spacial score (nSPS) is 10.5. The molecule has 1 aromatic heterocycles. The maximum Gasteiger partial charge on any atom is 0.291 e. The Hall–Kier alpha value is -1.68. The van der Waals surface area contributed by atoms with Crippen molar-refractivity contribution in [2.24, 2.45) is 0 Å². The summed E-state index contributed by atoms with van der Waals surface area (Å²) in [6, 6.07) is 5.13. The fraction of sp³-hybridized carbons (Fsp3) is 0.100. The Morgan fingerprint density at radius 1 is 1.47 bits per heavy atom. The van der Waals surface area contributed by atoms with E-state index in [0.29, 0.717) is 16.1 Å². The van der Waals surface area contributed by atoms with Crippen molar-refractivity contribution in [3.63, 3.8) is 0 Å². The molecular weight excluding hydrogens is 216 g/mol. The molecule has 15 heavy (non-hydrogen) atoms. The van der Waals surface area contributed by atoms with Crippen molar-refractivity contribution >= 4 is 28.2 Å². The topological polar surface area (TPSA) is 56.0 Å². The molecule has 5 heteroatoms. The van der Waals surface area contributed by atoms with Crippen LogP contribution in [0.1, 0.15) is 5.56 Å². The molecule has 0 aliphatic carbocycles. The molecule has 0 spiro atoms. The molecule has 0 atom stereocenters. The van der Waals surface area contributed by atoms with Gasteiger partial charge in [-0.3, -0.25) is 10.1 Å². The Kier molecular flexibility index (Phi) is 2.28. The minimum absolute atomic E-state index is 0.0322. The molecule has 2 aromatic rings. The molecule has 0 radical (unpaired) electrons. The lowest BCUT2D eigenvalue weighted by molar-refractivity contribution is -0.385. The van der Waals surface area contributed by atoms with Gasteiger partial charge in [0.1, 0.15) is 6.20 Å². The smallest absolute Gasteiger partial charge is 0.258 e. The van der Waals surface area contributed by atoms with Crippen LogP contribution in [0.3, 0.4) is 0 Å². The van der Waals surface area contributed by atoms with Crippen LogP contribution in [0.5, 0.6) is 0 Å². The van der Waals surface area contributed by atoms with E-state index in [2.05, 4.69) is 4.98 Å². The van der Waals surface area contributed by atoms with Gasteiger partial charge in [0.2, 0.25) is 0 Å². The first-order valence-electron chi connectivity index (χ1n) is 4.29. The number of benzene rings is 1. The summed E-state index contributed by atoms with van der Waals surface area (Å²) in [5, 5.41) is 12.0. The first-order valence-corrected chi connectivity index (χ1v) is 4.66. The van der Waals surface area contributed by atoms with E-state index in [1.165, 1.54) is 6.20 Å². The Labute approximate surface area is 90.7 Å². The van der Waals surface area contributed by atoms with Gasteiger partial charge < -0.3 is 0 Å². The molecule has 0 unspecified atom stereocenters. The number of hydrogen-bond donors (Lipinski definition) is 0. The third-order valence-corrected chi connectivity index (χ3v) is 2.51. The van der Waals surface area contributed by atoms with Crippen molar-refractivity contribution in [3.8, 4) is 0 Å². The van der Waals surface area contributed by atoms with Gasteiger partial charge in [-0.25, -0.2) is 4.98 Å². The predicted molar refractivity (Wildman–Crippen MR) is 58.1 cm³/mol. The second-order valence-corrected chi connectivity index (χ2v) is 3.62. The number of nitrogens with zero attached hydrogens (tertiary/aromatic N) is 2. The van der Waals surface area contributed by atoms with E-state index in [1.54, 1.807) is 25.1 Å². The van der Waals surface area contributed by atoms with Crippen molar-refractivity contribution < 1.29 is 4.92 Å². The summed E-state index contributed by atoms with van der Waals surface area (Å²) < 4.78 is 0. The van der Waals surface area contributed by atoms with Crippen LogP contribution in [0.4, 0.5) is 5.69 Å². The highest BCUT2D eigenvalue weighted by molar-refractivity contribution is 6.31. The van der Waals surface area contributed by atoms with E-state index in [1.807, 2.05) is 0 Å². The number of aromatic nitrogens is 1. The standard InChI is InChI=1S/C10H7ClN2O2/c1-6-8-3-2-7(11)4-9(8)12-5-10(6)13(14)15/h2-5H,1H3. The molecule has 0 saturated heterocycles. The van der Waals surface area contributed by atoms with Crippen molar-refractivity contribution in [2.45, 2.75) is 6.92 Å². The largest absolute Gasteiger partial charge is 0.291 e. The Morgan fingerprint density at radius 3 is 2.87 bits per heavy atom. The van der Waals surface area contributed by atoms with Gasteiger partial charge in [-0.15, -0.1) is 0 Å². The minimum Gasteiger partial charge on any atom is -0.258 e. The number of hydrogen-bond acceptors (Lipinski definition) is 3. The second-order valence-electron chi connectivity index (χ2n) is 3.19. The zero-order chi connectivity index (χ0) is 11.0. The Balaban J connectivity index is 2.80. The number of fused-ring (bicyclic) bond motifs is 1. The van der Waals surface area contributed by atoms with Crippen LogP contribution in [0.2, 0.25) is 5.02 Å². The lowest BCUT2D eigenvalue weighted by atomic mass is 10.1. The molecule has 1 heterocycles. The molecule has 0 bridgehead atoms. The molecule has 0 saturated carbocycles. The maximum absolute atomic E-state index is 10.7. The van der Waals surface area contributed by atoms with E-state index in [9.17, 15) is 10.1 Å². The lowest BCUT2D eigenvalue weighted by Gasteiger charge is -2.02. The van der Waals surface area contributed by atoms with Crippen molar-refractivity contribution in [1.82, 2.24) is 4.98 Å². The molecule has 0 fully saturated rings. The minimum atomic E-state index is -0.434. The number of halogens is 1. The SMILES string of the molecule is Cc1c([N+](=O)[O-])cnc2cc(Cl)ccc12. The third kappa shape index (κ3) is 1.64. The predicted octanol–water partition coefficient (Wildman–Crippen LogP) is 3.10. The average Bonchev–Trinajstić information content (AvgIpc) is 2.17. The average molecular weight is 223 g/mol. The van der Waals surface area contributed by atoms with Crippen molar-refractivity contribution in [3.05, 3.63) is 45.1 Å². The van der Waals surface area contributed by atoms with Gasteiger partial charge in [-0.1, -0.05) is 17.7 Å². The number of pyridine rings is 1. The first-order chi connectivity index (χ1) is 7.09. The van der Waals surface area contributed by atoms with Crippen molar-refractivity contribution in [2.75, 3.05) is 0 Å². The van der Waals surface area contributed by atoms with Crippen LogP contribution in [-0.4, -0.2) is 9.91 Å². The molecule has 0 amide bonds. The molecular formula is C10H7ClN2O2. The van der Waals surface area contributed by atoms with Crippen LogP contribution in [0.25, 0.3) is 10.9 Å². The summed E-state index contributed by atoms with van der Waals surface area (Å²) in [5.74, 6) is 0. The quantitative estimate of drug-likeness (QED) is 0.550. The monoisotopic (exact) mass is 222 g/mol. The van der Waals surface area contributed by atoms with Crippen LogP contribution < -0.4 is 0 Å². The highest BCUT2D eigenvalue weighted by atomic mass is 35.5. The highest BCUT2D eigenvalue weighted by Crippen LogP contribution is 2.26. The summed E-state index contributed by atoms with van der Waals surface area (Å²) >= 11 is 5.80. The van der Waals surface area contributed by atoms with E-state index < -0.39 is 4.92 Å². The van der Waals surface area contributed by atoms with Crippen LogP contribution in [-0.2, 0) is 0 Å². The van der Waals surface area contributed by atoms with Gasteiger partial charge in [0.25, 0.3) is 5.69 Å². The summed E-state index contributed by atoms with van der Waals surface area (Å²) in [7, 11) is 0. The van der Waals surface area contributed by atoms with Gasteiger partial charge in [-0.2, -0.15) is 0 Å². The maximum atomic E-state index is 10.7. The Bertz CT molecular complexity index is 554. The van der Waals surface area contributed by atoms with E-state index in [0.717, 1.165) is 5.39 Å². The van der Waals surface area contributed by atoms with Crippen molar-refractivity contribution in [1.29, 1.82) is 0 Å². The van der Waals surface area contributed by atoms with E-state index in [4.69, 9.17) is 11.6 Å². The highest BCUT2D eigenvalue weighted by Gasteiger charge is 2.13. The van der Waals surface area contributed by atoms with Gasteiger partial charge >= 0.3 is 0 Å². The molecule has 76 valence electrons. The molecule has 4 nitrogen and oxygen atoms in total. The first kappa shape index (κ1) is 9.86. The van der Waals surface area contributed by atoms with Crippen LogP contribution in [0, 0.1) is 17.0 Å². The fourth-order valence-electron chi connectivity index (χ4n) is 1.48. The van der Waals surface area contributed by atoms with Gasteiger partial charge in [0.15, 0.2) is 0 Å². The number of nitro groups is 1. The molecule has 2 rings (SSSR count). The molecule has 0 aliphatic heterocycles. The lowest BCUT2D eigenvalue weighted by Crippen LogP contribution is -1.94. The summed E-state index contributed by atoms with van der Waals surface area (Å²) in [6.45, 7) is 1.70. The molecule has 1 aromatic carbocycles. The van der Waals surface area contributed by atoms with Crippen LogP contribution in [0.15, 0.2) is 24.4 Å². The van der Waals surface area contributed by atoms with E-state index in [-0.39, 0.29) is 5.69 Å². The Morgan fingerprint density at radius 2 is 2.20 bits per heavy atom. The zero-order valence-electron chi connectivity index (χ0n) is 7.90. The summed E-state index contributed by atoms with van der Waals surface area (Å²) in [5.41, 5.74) is 1.32. The number of rotatable bonds is 1. The third-order valence-electron chi connectivity index (χ3n) is 2.27. The van der Waals surface area contributed by atoms with Gasteiger partial charge in [0.05, 0.1) is 10.4 Å².